The summed E-state index contributed by atoms with van der Waals surface area (Å²) in [5.74, 6) is 0.534. The number of para-hydroxylation sites is 1. The molecule has 6 nitrogen and oxygen atoms in total. The van der Waals surface area contributed by atoms with E-state index in [2.05, 4.69) is 15.5 Å². The van der Waals surface area contributed by atoms with Crippen molar-refractivity contribution in [3.05, 3.63) is 58.3 Å². The highest BCUT2D eigenvalue weighted by atomic mass is 16.1. The first-order valence-electron chi connectivity index (χ1n) is 7.10. The molecule has 22 heavy (non-hydrogen) atoms. The SMILES string of the molecule is CC1CC/C(=N\Nc2ccccc2)c2ncc(C#N)c(=O)n21. The van der Waals surface area contributed by atoms with Gasteiger partial charge >= 0.3 is 0 Å². The molecule has 2 aromatic rings. The Kier molecular flexibility index (Phi) is 3.71. The molecular formula is C16H15N5O. The predicted octanol–water partition coefficient (Wildman–Crippen LogP) is 2.29. The van der Waals surface area contributed by atoms with Gasteiger partial charge in [0.2, 0.25) is 0 Å². The Hall–Kier alpha value is -2.94. The van der Waals surface area contributed by atoms with Crippen LogP contribution in [0.2, 0.25) is 0 Å². The molecule has 3 rings (SSSR count). The van der Waals surface area contributed by atoms with Crippen molar-refractivity contribution in [2.24, 2.45) is 5.10 Å². The number of anilines is 1. The summed E-state index contributed by atoms with van der Waals surface area (Å²) in [5, 5.41) is 13.4. The number of hydrazone groups is 1. The molecule has 0 saturated heterocycles. The molecule has 6 heteroatoms. The zero-order valence-electron chi connectivity index (χ0n) is 12.2. The summed E-state index contributed by atoms with van der Waals surface area (Å²) in [4.78, 5) is 16.6. The van der Waals surface area contributed by atoms with Crippen molar-refractivity contribution in [1.82, 2.24) is 9.55 Å². The predicted molar refractivity (Wildman–Crippen MR) is 83.8 cm³/mol. The molecule has 2 heterocycles. The number of fused-ring (bicyclic) bond motifs is 1. The lowest BCUT2D eigenvalue weighted by atomic mass is 10.0. The first-order valence-corrected chi connectivity index (χ1v) is 7.10. The van der Waals surface area contributed by atoms with Gasteiger partial charge in [0.1, 0.15) is 17.3 Å². The highest BCUT2D eigenvalue weighted by Gasteiger charge is 2.24. The van der Waals surface area contributed by atoms with Crippen LogP contribution in [0.3, 0.4) is 0 Å². The van der Waals surface area contributed by atoms with Crippen LogP contribution in [0, 0.1) is 11.3 Å². The third kappa shape index (κ3) is 2.49. The van der Waals surface area contributed by atoms with Gasteiger partial charge in [-0.1, -0.05) is 18.2 Å². The van der Waals surface area contributed by atoms with Gasteiger partial charge in [-0.25, -0.2) is 4.98 Å². The number of benzene rings is 1. The van der Waals surface area contributed by atoms with E-state index in [0.717, 1.165) is 24.2 Å². The fourth-order valence-electron chi connectivity index (χ4n) is 2.51. The number of rotatable bonds is 2. The van der Waals surface area contributed by atoms with Crippen molar-refractivity contribution in [2.45, 2.75) is 25.8 Å². The van der Waals surface area contributed by atoms with E-state index in [-0.39, 0.29) is 17.2 Å². The summed E-state index contributed by atoms with van der Waals surface area (Å²) in [6, 6.07) is 11.5. The van der Waals surface area contributed by atoms with Gasteiger partial charge in [-0.05, 0) is 31.9 Å². The average Bonchev–Trinajstić information content (AvgIpc) is 2.55. The number of nitrogens with one attached hydrogen (secondary N) is 1. The molecule has 1 atom stereocenters. The zero-order chi connectivity index (χ0) is 15.5. The molecule has 0 amide bonds. The first-order chi connectivity index (χ1) is 10.7. The number of nitriles is 1. The van der Waals surface area contributed by atoms with Crippen LogP contribution in [0.5, 0.6) is 0 Å². The highest BCUT2D eigenvalue weighted by molar-refractivity contribution is 5.98. The Morgan fingerprint density at radius 2 is 2.18 bits per heavy atom. The maximum atomic E-state index is 12.3. The van der Waals surface area contributed by atoms with E-state index in [0.29, 0.717) is 5.82 Å². The van der Waals surface area contributed by atoms with E-state index < -0.39 is 0 Å². The highest BCUT2D eigenvalue weighted by Crippen LogP contribution is 2.22. The van der Waals surface area contributed by atoms with Crippen molar-refractivity contribution in [3.63, 3.8) is 0 Å². The van der Waals surface area contributed by atoms with Crippen LogP contribution in [-0.4, -0.2) is 15.3 Å². The summed E-state index contributed by atoms with van der Waals surface area (Å²) in [6.45, 7) is 1.95. The van der Waals surface area contributed by atoms with Gasteiger partial charge in [-0.2, -0.15) is 10.4 Å². The lowest BCUT2D eigenvalue weighted by Gasteiger charge is -2.24. The fraction of sp³-hybridized carbons (Fsp3) is 0.250. The Morgan fingerprint density at radius 3 is 2.91 bits per heavy atom. The number of aromatic nitrogens is 2. The van der Waals surface area contributed by atoms with Crippen molar-refractivity contribution >= 4 is 11.4 Å². The van der Waals surface area contributed by atoms with Crippen LogP contribution in [0.25, 0.3) is 0 Å². The summed E-state index contributed by atoms with van der Waals surface area (Å²) >= 11 is 0. The van der Waals surface area contributed by atoms with E-state index in [9.17, 15) is 4.79 Å². The fourth-order valence-corrected chi connectivity index (χ4v) is 2.51. The van der Waals surface area contributed by atoms with Gasteiger partial charge in [0.05, 0.1) is 11.9 Å². The molecule has 0 radical (unpaired) electrons. The van der Waals surface area contributed by atoms with Gasteiger partial charge in [0.15, 0.2) is 5.82 Å². The van der Waals surface area contributed by atoms with Gasteiger partial charge in [0.25, 0.3) is 5.56 Å². The minimum absolute atomic E-state index is 0.0129. The quantitative estimate of drug-likeness (QED) is 0.861. The van der Waals surface area contributed by atoms with Crippen LogP contribution in [-0.2, 0) is 0 Å². The minimum Gasteiger partial charge on any atom is -0.288 e. The van der Waals surface area contributed by atoms with Gasteiger partial charge < -0.3 is 0 Å². The van der Waals surface area contributed by atoms with Crippen molar-refractivity contribution in [3.8, 4) is 6.07 Å². The molecule has 110 valence electrons. The monoisotopic (exact) mass is 293 g/mol. The molecule has 1 aromatic heterocycles. The van der Waals surface area contributed by atoms with Crippen LogP contribution in [0.1, 0.15) is 37.2 Å². The minimum atomic E-state index is -0.299. The van der Waals surface area contributed by atoms with Crippen LogP contribution >= 0.6 is 0 Å². The van der Waals surface area contributed by atoms with E-state index >= 15 is 0 Å². The van der Waals surface area contributed by atoms with E-state index in [1.165, 1.54) is 6.20 Å². The second kappa shape index (κ2) is 5.82. The topological polar surface area (TPSA) is 83.1 Å². The Labute approximate surface area is 127 Å². The Morgan fingerprint density at radius 1 is 1.41 bits per heavy atom. The van der Waals surface area contributed by atoms with Crippen molar-refractivity contribution in [2.75, 3.05) is 5.43 Å². The Bertz CT molecular complexity index is 817. The van der Waals surface area contributed by atoms with E-state index in [1.807, 2.05) is 43.3 Å². The smallest absolute Gasteiger partial charge is 0.271 e. The third-order valence-electron chi connectivity index (χ3n) is 3.71. The van der Waals surface area contributed by atoms with Gasteiger partial charge in [-0.15, -0.1) is 0 Å². The van der Waals surface area contributed by atoms with Crippen LogP contribution < -0.4 is 11.0 Å². The second-order valence-electron chi connectivity index (χ2n) is 5.21. The first kappa shape index (κ1) is 14.0. The third-order valence-corrected chi connectivity index (χ3v) is 3.71. The van der Waals surface area contributed by atoms with Gasteiger partial charge in [-0.3, -0.25) is 14.8 Å². The second-order valence-corrected chi connectivity index (χ2v) is 5.21. The van der Waals surface area contributed by atoms with Crippen molar-refractivity contribution < 1.29 is 0 Å². The molecule has 0 fully saturated rings. The molecule has 1 N–H and O–H groups in total. The normalized spacial score (nSPS) is 18.5. The lowest BCUT2D eigenvalue weighted by molar-refractivity contribution is 0.470. The van der Waals surface area contributed by atoms with E-state index in [4.69, 9.17) is 5.26 Å². The largest absolute Gasteiger partial charge is 0.288 e. The molecule has 1 aliphatic heterocycles. The average molecular weight is 293 g/mol. The van der Waals surface area contributed by atoms with Crippen molar-refractivity contribution in [1.29, 1.82) is 5.26 Å². The molecular weight excluding hydrogens is 278 g/mol. The molecule has 0 spiro atoms. The van der Waals surface area contributed by atoms with Crippen LogP contribution in [0.4, 0.5) is 5.69 Å². The summed E-state index contributed by atoms with van der Waals surface area (Å²) in [6.07, 6.45) is 2.85. The number of nitrogens with zero attached hydrogens (tertiary/aromatic N) is 4. The molecule has 1 aromatic carbocycles. The van der Waals surface area contributed by atoms with Gasteiger partial charge in [0, 0.05) is 6.04 Å². The maximum absolute atomic E-state index is 12.3. The summed E-state index contributed by atoms with van der Waals surface area (Å²) < 4.78 is 1.56. The molecule has 1 unspecified atom stereocenters. The number of hydrogen-bond acceptors (Lipinski definition) is 5. The maximum Gasteiger partial charge on any atom is 0.271 e. The molecule has 0 aliphatic carbocycles. The number of hydrogen-bond donors (Lipinski definition) is 1. The summed E-state index contributed by atoms with van der Waals surface area (Å²) in [5.41, 5.74) is 4.35. The molecule has 0 saturated carbocycles. The standard InChI is InChI=1S/C16H15N5O/c1-11-7-8-14(20-19-13-5-3-2-4-6-13)15-18-10-12(9-17)16(22)21(11)15/h2-6,10-11,19H,7-8H2,1H3/b20-14+. The Balaban J connectivity index is 2.01. The molecule has 1 aliphatic rings. The van der Waals surface area contributed by atoms with E-state index in [1.54, 1.807) is 4.57 Å². The molecule has 0 bridgehead atoms. The van der Waals surface area contributed by atoms with Crippen LogP contribution in [0.15, 0.2) is 46.4 Å². The zero-order valence-corrected chi connectivity index (χ0v) is 12.2. The summed E-state index contributed by atoms with van der Waals surface area (Å²) in [7, 11) is 0. The lowest BCUT2D eigenvalue weighted by Crippen LogP contribution is -2.35.